The van der Waals surface area contributed by atoms with Crippen molar-refractivity contribution in [2.24, 2.45) is 5.73 Å². The molecule has 0 unspecified atom stereocenters. The van der Waals surface area contributed by atoms with Crippen LogP contribution in [0.15, 0.2) is 18.2 Å². The van der Waals surface area contributed by atoms with Gasteiger partial charge in [-0.15, -0.1) is 11.3 Å². The molecule has 1 aliphatic rings. The Morgan fingerprint density at radius 3 is 2.72 bits per heavy atom. The van der Waals surface area contributed by atoms with Crippen molar-refractivity contribution in [3.8, 4) is 5.75 Å². The number of nitrogens with one attached hydrogen (secondary N) is 1. The fourth-order valence-corrected chi connectivity index (χ4v) is 4.54. The number of amides is 2. The molecule has 1 aromatic carbocycles. The van der Waals surface area contributed by atoms with Crippen molar-refractivity contribution in [1.29, 1.82) is 0 Å². The fraction of sp³-hybridized carbons (Fsp3) is 0.350. The van der Waals surface area contributed by atoms with Gasteiger partial charge >= 0.3 is 5.97 Å². The molecule has 0 fully saturated rings. The lowest BCUT2D eigenvalue weighted by Gasteiger charge is -2.14. The fourth-order valence-electron chi connectivity index (χ4n) is 3.25. The van der Waals surface area contributed by atoms with E-state index >= 15 is 0 Å². The summed E-state index contributed by atoms with van der Waals surface area (Å²) in [6.07, 6.45) is 1.26. The molecule has 3 rings (SSSR count). The number of hydrogen-bond donors (Lipinski definition) is 2. The number of fused-ring (bicyclic) bond motifs is 1. The number of aryl methyl sites for hydroxylation is 1. The number of esters is 1. The molecule has 3 N–H and O–H groups in total. The summed E-state index contributed by atoms with van der Waals surface area (Å²) < 4.78 is 23.7. The monoisotopic (exact) mass is 420 g/mol. The maximum absolute atomic E-state index is 13.7. The van der Waals surface area contributed by atoms with Gasteiger partial charge in [0, 0.05) is 4.88 Å². The molecule has 1 atom stereocenters. The number of primary amides is 1. The van der Waals surface area contributed by atoms with Crippen LogP contribution >= 0.6 is 11.3 Å². The molecule has 2 amide bonds. The minimum atomic E-state index is -1.09. The summed E-state index contributed by atoms with van der Waals surface area (Å²) in [5, 5.41) is 3.02. The Hall–Kier alpha value is -2.94. The van der Waals surface area contributed by atoms with E-state index in [2.05, 4.69) is 5.32 Å². The molecule has 0 saturated heterocycles. The second-order valence-electron chi connectivity index (χ2n) is 6.69. The van der Waals surface area contributed by atoms with Crippen LogP contribution in [0.3, 0.4) is 0 Å². The Morgan fingerprint density at radius 1 is 1.31 bits per heavy atom. The number of benzene rings is 1. The Bertz CT molecular complexity index is 972. The number of carbonyl (C=O) groups is 3. The second-order valence-corrected chi connectivity index (χ2v) is 7.80. The second kappa shape index (κ2) is 8.60. The first-order valence-electron chi connectivity index (χ1n) is 9.07. The van der Waals surface area contributed by atoms with E-state index in [0.29, 0.717) is 16.1 Å². The topological polar surface area (TPSA) is 108 Å². The van der Waals surface area contributed by atoms with E-state index in [1.807, 2.05) is 0 Å². The Kier molecular flexibility index (Phi) is 6.17. The summed E-state index contributed by atoms with van der Waals surface area (Å²) in [4.78, 5) is 37.4. The van der Waals surface area contributed by atoms with Gasteiger partial charge in [-0.25, -0.2) is 4.39 Å². The van der Waals surface area contributed by atoms with Crippen LogP contribution in [-0.2, 0) is 33.6 Å². The van der Waals surface area contributed by atoms with Crippen molar-refractivity contribution in [3.05, 3.63) is 45.6 Å². The van der Waals surface area contributed by atoms with Crippen LogP contribution in [-0.4, -0.2) is 31.0 Å². The summed E-state index contributed by atoms with van der Waals surface area (Å²) >= 11 is 1.32. The first-order chi connectivity index (χ1) is 13.8. The van der Waals surface area contributed by atoms with Gasteiger partial charge in [0.25, 0.3) is 11.8 Å². The molecule has 0 spiro atoms. The molecular formula is C20H21FN2O5S. The third kappa shape index (κ3) is 4.56. The predicted octanol–water partition coefficient (Wildman–Crippen LogP) is 2.60. The molecule has 1 aliphatic carbocycles. The van der Waals surface area contributed by atoms with Gasteiger partial charge in [-0.2, -0.15) is 0 Å². The number of nitrogens with two attached hydrogens (primary N) is 1. The quantitative estimate of drug-likeness (QED) is 0.670. The van der Waals surface area contributed by atoms with E-state index in [1.54, 1.807) is 6.07 Å². The van der Waals surface area contributed by atoms with E-state index in [-0.39, 0.29) is 12.2 Å². The summed E-state index contributed by atoms with van der Waals surface area (Å²) in [6, 6.07) is 4.13. The molecule has 2 aromatic rings. The summed E-state index contributed by atoms with van der Waals surface area (Å²) in [5.74, 6) is -2.36. The molecule has 0 aliphatic heterocycles. The largest absolute Gasteiger partial charge is 0.494 e. The van der Waals surface area contributed by atoms with Crippen LogP contribution in [0.4, 0.5) is 9.39 Å². The van der Waals surface area contributed by atoms with Crippen LogP contribution in [0.2, 0.25) is 0 Å². The lowest BCUT2D eigenvalue weighted by molar-refractivity contribution is -0.152. The zero-order chi connectivity index (χ0) is 21.1. The van der Waals surface area contributed by atoms with Crippen LogP contribution in [0.1, 0.15) is 39.7 Å². The third-order valence-corrected chi connectivity index (χ3v) is 5.85. The maximum Gasteiger partial charge on any atom is 0.311 e. The first-order valence-corrected chi connectivity index (χ1v) is 9.89. The summed E-state index contributed by atoms with van der Waals surface area (Å²) in [5.41, 5.74) is 7.10. The minimum Gasteiger partial charge on any atom is -0.494 e. The van der Waals surface area contributed by atoms with Crippen molar-refractivity contribution >= 4 is 34.1 Å². The van der Waals surface area contributed by atoms with Crippen molar-refractivity contribution in [2.45, 2.75) is 38.7 Å². The van der Waals surface area contributed by atoms with Crippen LogP contribution in [0.5, 0.6) is 5.75 Å². The van der Waals surface area contributed by atoms with Crippen LogP contribution in [0.25, 0.3) is 0 Å². The molecule has 0 saturated carbocycles. The number of hydrogen-bond acceptors (Lipinski definition) is 6. The zero-order valence-electron chi connectivity index (χ0n) is 16.0. The highest BCUT2D eigenvalue weighted by molar-refractivity contribution is 7.17. The number of methoxy groups -OCH3 is 1. The Balaban J connectivity index is 1.62. The van der Waals surface area contributed by atoms with Gasteiger partial charge in [0.1, 0.15) is 5.00 Å². The SMILES string of the molecule is COc1ccc(CC(=O)O[C@@H](C)C(=O)Nc2sc3c(c2C(N)=O)CCC3)cc1F. The number of rotatable bonds is 7. The normalized spacial score (nSPS) is 13.5. The number of halogens is 1. The van der Waals surface area contributed by atoms with E-state index in [4.69, 9.17) is 15.2 Å². The molecule has 154 valence electrons. The van der Waals surface area contributed by atoms with Gasteiger partial charge in [-0.3, -0.25) is 14.4 Å². The van der Waals surface area contributed by atoms with Gasteiger partial charge < -0.3 is 20.5 Å². The highest BCUT2D eigenvalue weighted by atomic mass is 32.1. The van der Waals surface area contributed by atoms with Gasteiger partial charge in [0.05, 0.1) is 19.1 Å². The van der Waals surface area contributed by atoms with E-state index in [9.17, 15) is 18.8 Å². The first kappa shape index (κ1) is 20.8. The van der Waals surface area contributed by atoms with Crippen LogP contribution < -0.4 is 15.8 Å². The highest BCUT2D eigenvalue weighted by Gasteiger charge is 2.28. The number of thiophene rings is 1. The molecule has 0 radical (unpaired) electrons. The molecule has 0 bridgehead atoms. The Morgan fingerprint density at radius 2 is 2.07 bits per heavy atom. The van der Waals surface area contributed by atoms with Crippen molar-refractivity contribution in [3.63, 3.8) is 0 Å². The lowest BCUT2D eigenvalue weighted by atomic mass is 10.1. The highest BCUT2D eigenvalue weighted by Crippen LogP contribution is 2.38. The Labute approximate surface area is 171 Å². The van der Waals surface area contributed by atoms with E-state index in [1.165, 1.54) is 37.5 Å². The standard InChI is InChI=1S/C20H21FN2O5S/c1-10(28-16(24)9-11-6-7-14(27-2)13(21)8-11)19(26)23-20-17(18(22)25)12-4-3-5-15(12)29-20/h6-8,10H,3-5,9H2,1-2H3,(H2,22,25)(H,23,26)/t10-/m0/s1. The van der Waals surface area contributed by atoms with Crippen molar-refractivity contribution in [2.75, 3.05) is 12.4 Å². The molecule has 9 heteroatoms. The minimum absolute atomic E-state index is 0.0722. The number of ether oxygens (including phenoxy) is 2. The van der Waals surface area contributed by atoms with Crippen molar-refractivity contribution < 1.29 is 28.2 Å². The third-order valence-electron chi connectivity index (χ3n) is 4.65. The van der Waals surface area contributed by atoms with Gasteiger partial charge in [-0.1, -0.05) is 6.07 Å². The summed E-state index contributed by atoms with van der Waals surface area (Å²) in [6.45, 7) is 1.42. The van der Waals surface area contributed by atoms with E-state index < -0.39 is 29.7 Å². The van der Waals surface area contributed by atoms with Gasteiger partial charge in [0.2, 0.25) is 0 Å². The predicted molar refractivity (Wildman–Crippen MR) is 106 cm³/mol. The average molecular weight is 420 g/mol. The lowest BCUT2D eigenvalue weighted by Crippen LogP contribution is -2.31. The van der Waals surface area contributed by atoms with Crippen LogP contribution in [0, 0.1) is 5.82 Å². The maximum atomic E-state index is 13.7. The smallest absolute Gasteiger partial charge is 0.311 e. The average Bonchev–Trinajstić information content (AvgIpc) is 3.21. The number of anilines is 1. The molecule has 1 heterocycles. The van der Waals surface area contributed by atoms with E-state index in [0.717, 1.165) is 29.7 Å². The molecule has 1 aromatic heterocycles. The molecule has 7 nitrogen and oxygen atoms in total. The number of carbonyl (C=O) groups excluding carboxylic acids is 3. The van der Waals surface area contributed by atoms with Gasteiger partial charge in [0.15, 0.2) is 17.7 Å². The molecular weight excluding hydrogens is 399 g/mol. The van der Waals surface area contributed by atoms with Crippen molar-refractivity contribution in [1.82, 2.24) is 0 Å². The zero-order valence-corrected chi connectivity index (χ0v) is 16.9. The van der Waals surface area contributed by atoms with Gasteiger partial charge in [-0.05, 0) is 49.4 Å². The summed E-state index contributed by atoms with van der Waals surface area (Å²) in [7, 11) is 1.35. The molecule has 29 heavy (non-hydrogen) atoms.